The normalized spacial score (nSPS) is 14.1. The molecule has 1 heterocycles. The molecule has 1 atom stereocenters. The van der Waals surface area contributed by atoms with Crippen LogP contribution < -0.4 is 0 Å². The molecule has 1 aromatic heterocycles. The van der Waals surface area contributed by atoms with E-state index in [0.717, 1.165) is 0 Å². The van der Waals surface area contributed by atoms with E-state index in [0.29, 0.717) is 5.56 Å². The first kappa shape index (κ1) is 12.2. The van der Waals surface area contributed by atoms with E-state index >= 15 is 0 Å². The molecule has 1 aromatic carbocycles. The number of hydrogen-bond donors (Lipinski definition) is 1. The fourth-order valence-electron chi connectivity index (χ4n) is 1.65. The standard InChI is InChI=1S/C11H12N4O3/c1-11(16,9-5-3-2-4-6-9)7-14-8-12-10(13-14)15(17)18/h2-6,8,16H,7H2,1H3. The molecule has 7 nitrogen and oxygen atoms in total. The number of benzene rings is 1. The van der Waals surface area contributed by atoms with Crippen molar-refractivity contribution >= 4 is 5.95 Å². The molecule has 0 spiro atoms. The maximum Gasteiger partial charge on any atom is 0.490 e. The number of nitrogens with zero attached hydrogens (tertiary/aromatic N) is 4. The predicted octanol–water partition coefficient (Wildman–Crippen LogP) is 1.09. The zero-order valence-corrected chi connectivity index (χ0v) is 9.72. The molecule has 7 heteroatoms. The second kappa shape index (κ2) is 4.53. The number of aromatic nitrogens is 3. The third-order valence-corrected chi connectivity index (χ3v) is 2.55. The van der Waals surface area contributed by atoms with Crippen molar-refractivity contribution in [3.05, 3.63) is 52.3 Å². The minimum absolute atomic E-state index is 0.0951. The maximum atomic E-state index is 10.5. The highest BCUT2D eigenvalue weighted by molar-refractivity contribution is 5.21. The molecule has 0 aliphatic rings. The van der Waals surface area contributed by atoms with E-state index in [2.05, 4.69) is 10.1 Å². The van der Waals surface area contributed by atoms with Gasteiger partial charge in [-0.3, -0.25) is 0 Å². The van der Waals surface area contributed by atoms with Gasteiger partial charge in [-0.1, -0.05) is 35.3 Å². The molecule has 2 aromatic rings. The topological polar surface area (TPSA) is 94.1 Å². The Morgan fingerprint density at radius 2 is 2.11 bits per heavy atom. The van der Waals surface area contributed by atoms with Crippen LogP contribution in [0.15, 0.2) is 36.7 Å². The Balaban J connectivity index is 2.19. The van der Waals surface area contributed by atoms with Gasteiger partial charge in [0.1, 0.15) is 5.60 Å². The zero-order valence-electron chi connectivity index (χ0n) is 9.72. The lowest BCUT2D eigenvalue weighted by Crippen LogP contribution is -2.28. The van der Waals surface area contributed by atoms with Crippen LogP contribution in [0, 0.1) is 10.1 Å². The van der Waals surface area contributed by atoms with Gasteiger partial charge in [0.25, 0.3) is 0 Å². The number of rotatable bonds is 4. The van der Waals surface area contributed by atoms with Gasteiger partial charge in [-0.2, -0.15) is 4.68 Å². The van der Waals surface area contributed by atoms with Crippen LogP contribution >= 0.6 is 0 Å². The minimum Gasteiger partial charge on any atom is -0.390 e. The van der Waals surface area contributed by atoms with Gasteiger partial charge in [0.15, 0.2) is 0 Å². The average Bonchev–Trinajstić information content (AvgIpc) is 2.78. The van der Waals surface area contributed by atoms with Crippen molar-refractivity contribution in [3.63, 3.8) is 0 Å². The van der Waals surface area contributed by atoms with E-state index in [1.807, 2.05) is 18.2 Å². The summed E-state index contributed by atoms with van der Waals surface area (Å²) >= 11 is 0. The molecular weight excluding hydrogens is 236 g/mol. The summed E-state index contributed by atoms with van der Waals surface area (Å²) in [6.45, 7) is 1.72. The van der Waals surface area contributed by atoms with Gasteiger partial charge in [-0.25, -0.2) is 0 Å². The molecule has 1 N–H and O–H groups in total. The summed E-state index contributed by atoms with van der Waals surface area (Å²) < 4.78 is 1.26. The highest BCUT2D eigenvalue weighted by Crippen LogP contribution is 2.22. The Labute approximate surface area is 103 Å². The van der Waals surface area contributed by atoms with Crippen molar-refractivity contribution in [3.8, 4) is 0 Å². The van der Waals surface area contributed by atoms with Crippen molar-refractivity contribution in [2.24, 2.45) is 0 Å². The third-order valence-electron chi connectivity index (χ3n) is 2.55. The van der Waals surface area contributed by atoms with Crippen molar-refractivity contribution in [1.82, 2.24) is 14.8 Å². The first-order valence-electron chi connectivity index (χ1n) is 5.31. The Hall–Kier alpha value is -2.28. The van der Waals surface area contributed by atoms with Crippen LogP contribution in [-0.2, 0) is 12.1 Å². The third kappa shape index (κ3) is 2.51. The van der Waals surface area contributed by atoms with E-state index in [1.54, 1.807) is 19.1 Å². The van der Waals surface area contributed by atoms with Gasteiger partial charge in [0.2, 0.25) is 6.33 Å². The molecular formula is C11H12N4O3. The summed E-state index contributed by atoms with van der Waals surface area (Å²) in [6, 6.07) is 9.04. The van der Waals surface area contributed by atoms with Crippen LogP contribution in [0.4, 0.5) is 5.95 Å². The number of aliphatic hydroxyl groups is 1. The Morgan fingerprint density at radius 1 is 1.44 bits per heavy atom. The van der Waals surface area contributed by atoms with Crippen LogP contribution in [0.25, 0.3) is 0 Å². The highest BCUT2D eigenvalue weighted by atomic mass is 16.6. The van der Waals surface area contributed by atoms with E-state index in [-0.39, 0.29) is 6.54 Å². The van der Waals surface area contributed by atoms with Crippen molar-refractivity contribution < 1.29 is 10.0 Å². The molecule has 2 rings (SSSR count). The van der Waals surface area contributed by atoms with Crippen LogP contribution in [0.1, 0.15) is 12.5 Å². The fourth-order valence-corrected chi connectivity index (χ4v) is 1.65. The Kier molecular flexibility index (Phi) is 3.07. The first-order valence-corrected chi connectivity index (χ1v) is 5.31. The minimum atomic E-state index is -1.16. The van der Waals surface area contributed by atoms with Crippen LogP contribution in [0.3, 0.4) is 0 Å². The molecule has 0 saturated carbocycles. The second-order valence-corrected chi connectivity index (χ2v) is 4.14. The van der Waals surface area contributed by atoms with E-state index in [1.165, 1.54) is 11.0 Å². The number of nitro groups is 1. The second-order valence-electron chi connectivity index (χ2n) is 4.14. The number of hydrogen-bond acceptors (Lipinski definition) is 5. The average molecular weight is 248 g/mol. The summed E-state index contributed by atoms with van der Waals surface area (Å²) in [6.07, 6.45) is 1.23. The largest absolute Gasteiger partial charge is 0.490 e. The van der Waals surface area contributed by atoms with Gasteiger partial charge in [0, 0.05) is 5.10 Å². The quantitative estimate of drug-likeness (QED) is 0.645. The molecule has 18 heavy (non-hydrogen) atoms. The SMILES string of the molecule is CC(O)(Cn1cnc([N+](=O)[O-])n1)c1ccccc1. The maximum absolute atomic E-state index is 10.5. The van der Waals surface area contributed by atoms with Crippen molar-refractivity contribution in [2.75, 3.05) is 0 Å². The molecule has 0 aliphatic heterocycles. The summed E-state index contributed by atoms with van der Waals surface area (Å²) in [5.41, 5.74) is -0.453. The van der Waals surface area contributed by atoms with Crippen LogP contribution in [0.2, 0.25) is 0 Å². The van der Waals surface area contributed by atoms with Crippen LogP contribution in [-0.4, -0.2) is 24.8 Å². The monoisotopic (exact) mass is 248 g/mol. The molecule has 0 amide bonds. The molecule has 1 unspecified atom stereocenters. The fraction of sp³-hybridized carbons (Fsp3) is 0.273. The van der Waals surface area contributed by atoms with E-state index in [9.17, 15) is 15.2 Å². The Morgan fingerprint density at radius 3 is 2.67 bits per heavy atom. The van der Waals surface area contributed by atoms with Crippen molar-refractivity contribution in [2.45, 2.75) is 19.1 Å². The van der Waals surface area contributed by atoms with Crippen LogP contribution in [0.5, 0.6) is 0 Å². The van der Waals surface area contributed by atoms with Gasteiger partial charge < -0.3 is 15.2 Å². The highest BCUT2D eigenvalue weighted by Gasteiger charge is 2.26. The van der Waals surface area contributed by atoms with E-state index < -0.39 is 16.5 Å². The lowest BCUT2D eigenvalue weighted by Gasteiger charge is -2.22. The molecule has 0 saturated heterocycles. The molecule has 0 fully saturated rings. The molecule has 94 valence electrons. The molecule has 0 radical (unpaired) electrons. The van der Waals surface area contributed by atoms with Gasteiger partial charge in [-0.15, -0.1) is 0 Å². The summed E-state index contributed by atoms with van der Waals surface area (Å²) in [4.78, 5) is 13.3. The molecule has 0 aliphatic carbocycles. The lowest BCUT2D eigenvalue weighted by atomic mass is 9.96. The van der Waals surface area contributed by atoms with E-state index in [4.69, 9.17) is 0 Å². The summed E-state index contributed by atoms with van der Waals surface area (Å²) in [5, 5.41) is 24.5. The molecule has 0 bridgehead atoms. The zero-order chi connectivity index (χ0) is 13.2. The predicted molar refractivity (Wildman–Crippen MR) is 62.7 cm³/mol. The van der Waals surface area contributed by atoms with Gasteiger partial charge >= 0.3 is 5.95 Å². The summed E-state index contributed by atoms with van der Waals surface area (Å²) in [7, 11) is 0. The van der Waals surface area contributed by atoms with Gasteiger partial charge in [0.05, 0.1) is 6.54 Å². The smallest absolute Gasteiger partial charge is 0.390 e. The van der Waals surface area contributed by atoms with Gasteiger partial charge in [-0.05, 0) is 17.4 Å². The first-order chi connectivity index (χ1) is 8.49. The van der Waals surface area contributed by atoms with Crippen molar-refractivity contribution in [1.29, 1.82) is 0 Å². The lowest BCUT2D eigenvalue weighted by molar-refractivity contribution is -0.394. The Bertz CT molecular complexity index is 550. The summed E-state index contributed by atoms with van der Waals surface area (Å²) in [5.74, 6) is -0.473.